The molecule has 0 heterocycles. The molecule has 0 unspecified atom stereocenters. The van der Waals surface area contributed by atoms with Crippen molar-refractivity contribution in [2.75, 3.05) is 5.88 Å². The van der Waals surface area contributed by atoms with E-state index in [-0.39, 0.29) is 29.0 Å². The third-order valence-electron chi connectivity index (χ3n) is 5.06. The molecule has 1 aromatic carbocycles. The summed E-state index contributed by atoms with van der Waals surface area (Å²) in [5.74, 6) is 0.569. The lowest BCUT2D eigenvalue weighted by Gasteiger charge is -2.41. The van der Waals surface area contributed by atoms with Crippen molar-refractivity contribution < 1.29 is 9.22 Å². The van der Waals surface area contributed by atoms with Crippen molar-refractivity contribution in [2.24, 2.45) is 5.92 Å². The minimum Gasteiger partial charge on any atom is -0.408 e. The largest absolute Gasteiger partial charge is 0.408 e. The Kier molecular flexibility index (Phi) is 8.58. The van der Waals surface area contributed by atoms with Gasteiger partial charge in [-0.3, -0.25) is 4.79 Å². The summed E-state index contributed by atoms with van der Waals surface area (Å²) in [5.41, 5.74) is 0.658. The summed E-state index contributed by atoms with van der Waals surface area (Å²) < 4.78 is 6.64. The van der Waals surface area contributed by atoms with Gasteiger partial charge in [-0.05, 0) is 36.2 Å². The van der Waals surface area contributed by atoms with Gasteiger partial charge in [0.15, 0.2) is 8.32 Å². The van der Waals surface area contributed by atoms with Crippen LogP contribution in [0.2, 0.25) is 18.1 Å². The summed E-state index contributed by atoms with van der Waals surface area (Å²) >= 11 is 5.87. The summed E-state index contributed by atoms with van der Waals surface area (Å²) in [7, 11) is -2.00. The third kappa shape index (κ3) is 6.56. The van der Waals surface area contributed by atoms with Gasteiger partial charge in [-0.25, -0.2) is 0 Å². The maximum Gasteiger partial charge on any atom is 0.251 e. The van der Waals surface area contributed by atoms with Crippen LogP contribution in [-0.2, 0) is 4.43 Å². The van der Waals surface area contributed by atoms with Gasteiger partial charge in [-0.15, -0.1) is 11.6 Å². The Bertz CT molecular complexity index is 594. The summed E-state index contributed by atoms with van der Waals surface area (Å²) in [5, 5.41) is 3.27. The predicted octanol–water partition coefficient (Wildman–Crippen LogP) is 5.63. The predicted molar refractivity (Wildman–Crippen MR) is 114 cm³/mol. The van der Waals surface area contributed by atoms with Gasteiger partial charge in [-0.1, -0.05) is 65.0 Å². The van der Waals surface area contributed by atoms with Crippen molar-refractivity contribution in [3.63, 3.8) is 0 Å². The average molecular weight is 396 g/mol. The van der Waals surface area contributed by atoms with Gasteiger partial charge in [0.25, 0.3) is 5.91 Å². The Hall–Kier alpha value is -1.10. The number of rotatable bonds is 8. The van der Waals surface area contributed by atoms with Crippen LogP contribution in [0.3, 0.4) is 0 Å². The summed E-state index contributed by atoms with van der Waals surface area (Å²) in [4.78, 5) is 12.7. The number of carbonyl (C=O) groups is 1. The summed E-state index contributed by atoms with van der Waals surface area (Å²) in [6.45, 7) is 15.3. The van der Waals surface area contributed by atoms with Crippen LogP contribution < -0.4 is 5.32 Å². The molecule has 0 bridgehead atoms. The van der Waals surface area contributed by atoms with Crippen LogP contribution in [0.5, 0.6) is 0 Å². The molecule has 1 rings (SSSR count). The highest BCUT2D eigenvalue weighted by molar-refractivity contribution is 6.74. The minimum absolute atomic E-state index is 0.0765. The van der Waals surface area contributed by atoms with E-state index < -0.39 is 8.32 Å². The van der Waals surface area contributed by atoms with E-state index in [9.17, 15) is 4.79 Å². The number of hydrogen-bond acceptors (Lipinski definition) is 2. The third-order valence-corrected chi connectivity index (χ3v) is 9.71. The number of benzene rings is 1. The molecule has 0 aliphatic carbocycles. The van der Waals surface area contributed by atoms with E-state index in [1.54, 1.807) is 0 Å². The molecule has 26 heavy (non-hydrogen) atoms. The smallest absolute Gasteiger partial charge is 0.251 e. The maximum atomic E-state index is 12.7. The molecule has 3 nitrogen and oxygen atoms in total. The molecule has 1 aromatic rings. The Morgan fingerprint density at radius 1 is 1.23 bits per heavy atom. The lowest BCUT2D eigenvalue weighted by atomic mass is 9.97. The van der Waals surface area contributed by atoms with E-state index in [4.69, 9.17) is 16.0 Å². The van der Waals surface area contributed by atoms with Crippen molar-refractivity contribution in [1.29, 1.82) is 0 Å². The molecule has 0 saturated heterocycles. The highest BCUT2D eigenvalue weighted by Gasteiger charge is 2.41. The zero-order valence-electron chi connectivity index (χ0n) is 17.2. The second kappa shape index (κ2) is 9.72. The number of allylic oxidation sites excluding steroid dienone is 1. The molecule has 0 spiro atoms. The Morgan fingerprint density at radius 2 is 1.81 bits per heavy atom. The maximum absolute atomic E-state index is 12.7. The lowest BCUT2D eigenvalue weighted by Crippen LogP contribution is -2.53. The molecule has 1 amide bonds. The lowest BCUT2D eigenvalue weighted by molar-refractivity contribution is 0.0856. The Morgan fingerprint density at radius 3 is 2.27 bits per heavy atom. The van der Waals surface area contributed by atoms with Gasteiger partial charge in [0, 0.05) is 11.4 Å². The zero-order valence-corrected chi connectivity index (χ0v) is 18.9. The van der Waals surface area contributed by atoms with Crippen LogP contribution in [0.1, 0.15) is 45.0 Å². The second-order valence-corrected chi connectivity index (χ2v) is 13.6. The van der Waals surface area contributed by atoms with Crippen LogP contribution in [0.4, 0.5) is 0 Å². The Labute approximate surface area is 165 Å². The van der Waals surface area contributed by atoms with Crippen molar-refractivity contribution in [3.05, 3.63) is 48.0 Å². The van der Waals surface area contributed by atoms with Gasteiger partial charge < -0.3 is 9.74 Å². The zero-order chi connectivity index (χ0) is 20.0. The topological polar surface area (TPSA) is 38.3 Å². The first-order valence-corrected chi connectivity index (χ1v) is 12.7. The molecular weight excluding hydrogens is 362 g/mol. The number of hydrogen-bond donors (Lipinski definition) is 1. The number of alkyl halides is 1. The Balaban J connectivity index is 3.09. The molecule has 5 heteroatoms. The van der Waals surface area contributed by atoms with E-state index in [2.05, 4.69) is 53.0 Å². The monoisotopic (exact) mass is 395 g/mol. The standard InChI is InChI=1S/C21H34ClNO2Si/c1-16(2)19(23-20(24)17-12-9-8-10-13-17)18(14-11-15-22)25-26(6,7)21(3,4)5/h8-14,16,18-19H,15H2,1-7H3,(H,23,24)/b14-11+/t18-,19-/m0/s1. The van der Waals surface area contributed by atoms with E-state index in [1.165, 1.54) is 0 Å². The molecule has 0 aliphatic heterocycles. The number of amides is 1. The van der Waals surface area contributed by atoms with Crippen molar-refractivity contribution in [1.82, 2.24) is 5.32 Å². The molecule has 0 radical (unpaired) electrons. The SMILES string of the molecule is CC(C)[C@H](NC(=O)c1ccccc1)[C@H](/C=C/CCl)O[Si](C)(C)C(C)(C)C. The quantitative estimate of drug-likeness (QED) is 0.352. The molecule has 0 aromatic heterocycles. The fourth-order valence-electron chi connectivity index (χ4n) is 2.39. The van der Waals surface area contributed by atoms with Crippen LogP contribution in [-0.4, -0.2) is 32.3 Å². The average Bonchev–Trinajstić information content (AvgIpc) is 2.55. The molecule has 1 N–H and O–H groups in total. The summed E-state index contributed by atoms with van der Waals surface area (Å²) in [6.07, 6.45) is 3.70. The number of halogens is 1. The first-order chi connectivity index (χ1) is 12.0. The highest BCUT2D eigenvalue weighted by atomic mass is 35.5. The second-order valence-electron chi connectivity index (χ2n) is 8.53. The molecular formula is C21H34ClNO2Si. The van der Waals surface area contributed by atoms with E-state index in [1.807, 2.05) is 42.5 Å². The van der Waals surface area contributed by atoms with Crippen molar-refractivity contribution >= 4 is 25.8 Å². The van der Waals surface area contributed by atoms with Crippen LogP contribution >= 0.6 is 11.6 Å². The number of carbonyl (C=O) groups excluding carboxylic acids is 1. The molecule has 0 aliphatic rings. The van der Waals surface area contributed by atoms with Gasteiger partial charge in [0.1, 0.15) is 0 Å². The van der Waals surface area contributed by atoms with E-state index in [0.717, 1.165) is 0 Å². The van der Waals surface area contributed by atoms with Crippen LogP contribution in [0.15, 0.2) is 42.5 Å². The number of nitrogens with one attached hydrogen (secondary N) is 1. The van der Waals surface area contributed by atoms with Crippen molar-refractivity contribution in [2.45, 2.75) is 64.9 Å². The van der Waals surface area contributed by atoms with E-state index >= 15 is 0 Å². The normalized spacial score (nSPS) is 15.3. The minimum atomic E-state index is -2.00. The van der Waals surface area contributed by atoms with Gasteiger partial charge in [-0.2, -0.15) is 0 Å². The fraction of sp³-hybridized carbons (Fsp3) is 0.571. The van der Waals surface area contributed by atoms with E-state index in [0.29, 0.717) is 11.4 Å². The van der Waals surface area contributed by atoms with Crippen LogP contribution in [0, 0.1) is 5.92 Å². The summed E-state index contributed by atoms with van der Waals surface area (Å²) in [6, 6.07) is 9.17. The molecule has 2 atom stereocenters. The van der Waals surface area contributed by atoms with Crippen molar-refractivity contribution in [3.8, 4) is 0 Å². The highest BCUT2D eigenvalue weighted by Crippen LogP contribution is 2.38. The van der Waals surface area contributed by atoms with Gasteiger partial charge >= 0.3 is 0 Å². The first kappa shape index (κ1) is 22.9. The first-order valence-electron chi connectivity index (χ1n) is 9.26. The fourth-order valence-corrected chi connectivity index (χ4v) is 3.75. The molecule has 146 valence electrons. The van der Waals surface area contributed by atoms with Gasteiger partial charge in [0.05, 0.1) is 12.1 Å². The molecule has 0 saturated carbocycles. The van der Waals surface area contributed by atoms with Crippen LogP contribution in [0.25, 0.3) is 0 Å². The van der Waals surface area contributed by atoms with Gasteiger partial charge in [0.2, 0.25) is 0 Å². The molecule has 0 fully saturated rings.